The summed E-state index contributed by atoms with van der Waals surface area (Å²) in [6.07, 6.45) is 6.10. The highest BCUT2D eigenvalue weighted by Gasteiger charge is 2.17. The van der Waals surface area contributed by atoms with Gasteiger partial charge in [0, 0.05) is 56.4 Å². The molecule has 3 aromatic rings. The second kappa shape index (κ2) is 11.0. The molecule has 186 valence electrons. The lowest BCUT2D eigenvalue weighted by atomic mass is 10.2. The summed E-state index contributed by atoms with van der Waals surface area (Å²) in [7, 11) is 2.15. The number of piperazine rings is 1. The zero-order valence-electron chi connectivity index (χ0n) is 20.3. The molecule has 0 unspecified atom stereocenters. The van der Waals surface area contributed by atoms with E-state index in [4.69, 9.17) is 4.74 Å². The number of likely N-dealkylation sites (N-methyl/N-ethyl adjacent to an activating group) is 1. The van der Waals surface area contributed by atoms with Crippen molar-refractivity contribution in [3.05, 3.63) is 66.4 Å². The molecule has 0 radical (unpaired) electrons. The molecule has 1 fully saturated rings. The largest absolute Gasteiger partial charge is 0.477 e. The van der Waals surface area contributed by atoms with E-state index in [2.05, 4.69) is 59.9 Å². The average Bonchev–Trinajstić information content (AvgIpc) is 2.89. The molecule has 2 aromatic heterocycles. The quantitative estimate of drug-likeness (QED) is 0.481. The Kier molecular flexibility index (Phi) is 7.23. The first kappa shape index (κ1) is 23.6. The van der Waals surface area contributed by atoms with E-state index in [1.54, 1.807) is 12.1 Å². The van der Waals surface area contributed by atoms with E-state index < -0.39 is 0 Å². The number of hydrogen-bond donors (Lipinski definition) is 3. The van der Waals surface area contributed by atoms with Gasteiger partial charge < -0.3 is 30.5 Å². The smallest absolute Gasteiger partial charge is 0.256 e. The van der Waals surface area contributed by atoms with Crippen LogP contribution < -0.4 is 25.6 Å². The zero-order chi connectivity index (χ0) is 24.7. The van der Waals surface area contributed by atoms with E-state index in [0.717, 1.165) is 38.3 Å². The summed E-state index contributed by atoms with van der Waals surface area (Å²) in [5, 5.41) is 9.27. The van der Waals surface area contributed by atoms with Gasteiger partial charge in [-0.3, -0.25) is 4.79 Å². The third-order valence-electron chi connectivity index (χ3n) is 6.08. The Bertz CT molecular complexity index is 1220. The molecule has 2 aliphatic heterocycles. The Morgan fingerprint density at radius 3 is 2.67 bits per heavy atom. The maximum atomic E-state index is 12.8. The number of aromatic nitrogens is 3. The van der Waals surface area contributed by atoms with Gasteiger partial charge in [0.15, 0.2) is 0 Å². The Morgan fingerprint density at radius 1 is 1.00 bits per heavy atom. The minimum Gasteiger partial charge on any atom is -0.477 e. The van der Waals surface area contributed by atoms with Crippen molar-refractivity contribution in [3.8, 4) is 5.88 Å². The fourth-order valence-corrected chi connectivity index (χ4v) is 4.02. The molecular formula is C26H30N8O2. The highest BCUT2D eigenvalue weighted by molar-refractivity contribution is 5.99. The first-order valence-electron chi connectivity index (χ1n) is 12.1. The number of nitrogens with zero attached hydrogens (tertiary/aromatic N) is 5. The number of fused-ring (bicyclic) bond motifs is 3. The Hall–Kier alpha value is -4.18. The number of carbonyl (C=O) groups is 1. The summed E-state index contributed by atoms with van der Waals surface area (Å²) in [6.45, 7) is 5.05. The second-order valence-electron chi connectivity index (χ2n) is 8.72. The van der Waals surface area contributed by atoms with E-state index in [1.807, 2.05) is 30.4 Å². The topological polar surface area (TPSA) is 108 Å². The van der Waals surface area contributed by atoms with Gasteiger partial charge >= 0.3 is 0 Å². The number of hydrogen-bond acceptors (Lipinski definition) is 9. The van der Waals surface area contributed by atoms with Gasteiger partial charge in [-0.1, -0.05) is 18.2 Å². The number of pyridine rings is 1. The molecule has 2 aliphatic rings. The van der Waals surface area contributed by atoms with Crippen molar-refractivity contribution in [1.82, 2.24) is 25.2 Å². The van der Waals surface area contributed by atoms with Gasteiger partial charge in [0.2, 0.25) is 11.8 Å². The molecule has 0 atom stereocenters. The van der Waals surface area contributed by atoms with Crippen LogP contribution in [0.4, 0.5) is 29.0 Å². The van der Waals surface area contributed by atoms with Gasteiger partial charge in [0.1, 0.15) is 17.2 Å². The standard InChI is InChI=1S/C26H30N8O2/c1-33-13-15-34(16-14-33)20-10-8-19(9-11-20)29-26-28-18-21-24(32-26)31-22-6-5-7-23(30-22)36-17-4-2-3-12-27-25(21)35/h2-3,5-11,18H,4,12-17H2,1H3,(H,27,35)(H2,28,29,30,31,32)/b3-2-. The van der Waals surface area contributed by atoms with Crippen molar-refractivity contribution in [2.24, 2.45) is 0 Å². The van der Waals surface area contributed by atoms with Crippen LogP contribution in [-0.2, 0) is 0 Å². The molecule has 10 heteroatoms. The number of amides is 1. The Balaban J connectivity index is 1.36. The molecule has 0 saturated carbocycles. The number of benzene rings is 1. The van der Waals surface area contributed by atoms with Crippen LogP contribution in [0.2, 0.25) is 0 Å². The van der Waals surface area contributed by atoms with Crippen molar-refractivity contribution in [3.63, 3.8) is 0 Å². The summed E-state index contributed by atoms with van der Waals surface area (Å²) in [5.74, 6) is 1.48. The van der Waals surface area contributed by atoms with E-state index >= 15 is 0 Å². The van der Waals surface area contributed by atoms with E-state index in [9.17, 15) is 4.79 Å². The zero-order valence-corrected chi connectivity index (χ0v) is 20.3. The van der Waals surface area contributed by atoms with Crippen LogP contribution in [0.3, 0.4) is 0 Å². The third-order valence-corrected chi connectivity index (χ3v) is 6.08. The summed E-state index contributed by atoms with van der Waals surface area (Å²) in [6, 6.07) is 13.7. The van der Waals surface area contributed by atoms with E-state index in [1.165, 1.54) is 11.9 Å². The van der Waals surface area contributed by atoms with E-state index in [0.29, 0.717) is 42.2 Å². The van der Waals surface area contributed by atoms with Crippen molar-refractivity contribution < 1.29 is 9.53 Å². The highest BCUT2D eigenvalue weighted by Crippen LogP contribution is 2.24. The number of ether oxygens (including phenoxy) is 1. The lowest BCUT2D eigenvalue weighted by Crippen LogP contribution is -2.44. The van der Waals surface area contributed by atoms with Gasteiger partial charge in [0.25, 0.3) is 5.91 Å². The molecule has 10 nitrogen and oxygen atoms in total. The van der Waals surface area contributed by atoms with Crippen LogP contribution in [-0.4, -0.2) is 72.1 Å². The van der Waals surface area contributed by atoms with Crippen LogP contribution in [0.5, 0.6) is 5.88 Å². The molecule has 1 amide bonds. The molecule has 1 aromatic carbocycles. The number of rotatable bonds is 3. The molecule has 1 saturated heterocycles. The van der Waals surface area contributed by atoms with Gasteiger partial charge in [-0.05, 0) is 43.8 Å². The molecule has 0 aliphatic carbocycles. The fourth-order valence-electron chi connectivity index (χ4n) is 4.02. The van der Waals surface area contributed by atoms with Crippen LogP contribution in [0.25, 0.3) is 0 Å². The van der Waals surface area contributed by atoms with Crippen LogP contribution in [0, 0.1) is 0 Å². The van der Waals surface area contributed by atoms with Crippen LogP contribution in [0.15, 0.2) is 60.8 Å². The molecule has 36 heavy (non-hydrogen) atoms. The molecule has 0 spiro atoms. The fraction of sp³-hybridized carbons (Fsp3) is 0.308. The Morgan fingerprint density at radius 2 is 1.83 bits per heavy atom. The summed E-state index contributed by atoms with van der Waals surface area (Å²) in [5.41, 5.74) is 2.38. The SMILES string of the molecule is CN1CCN(c2ccc(Nc3ncc4c(n3)Nc3cccc(n3)OCC/C=C\CNC4=O)cc2)CC1. The predicted molar refractivity (Wildman–Crippen MR) is 141 cm³/mol. The summed E-state index contributed by atoms with van der Waals surface area (Å²) in [4.78, 5) is 31.0. The Labute approximate surface area is 210 Å². The average molecular weight is 487 g/mol. The predicted octanol–water partition coefficient (Wildman–Crippen LogP) is 3.18. The monoisotopic (exact) mass is 486 g/mol. The van der Waals surface area contributed by atoms with Crippen molar-refractivity contribution >= 4 is 34.9 Å². The number of anilines is 5. The minimum atomic E-state index is -0.269. The molecular weight excluding hydrogens is 456 g/mol. The summed E-state index contributed by atoms with van der Waals surface area (Å²) < 4.78 is 5.72. The molecule has 5 rings (SSSR count). The number of carbonyl (C=O) groups excluding carboxylic acids is 1. The van der Waals surface area contributed by atoms with Gasteiger partial charge in [-0.2, -0.15) is 9.97 Å². The van der Waals surface area contributed by atoms with Crippen molar-refractivity contribution in [1.29, 1.82) is 0 Å². The lowest BCUT2D eigenvalue weighted by molar-refractivity contribution is 0.0958. The van der Waals surface area contributed by atoms with Gasteiger partial charge in [0.05, 0.1) is 6.61 Å². The summed E-state index contributed by atoms with van der Waals surface area (Å²) >= 11 is 0. The third kappa shape index (κ3) is 5.89. The number of nitrogens with one attached hydrogen (secondary N) is 3. The van der Waals surface area contributed by atoms with Gasteiger partial charge in [-0.15, -0.1) is 0 Å². The van der Waals surface area contributed by atoms with Crippen LogP contribution in [0.1, 0.15) is 16.8 Å². The normalized spacial score (nSPS) is 17.6. The molecule has 2 bridgehead atoms. The molecule has 3 N–H and O–H groups in total. The van der Waals surface area contributed by atoms with E-state index in [-0.39, 0.29) is 5.91 Å². The van der Waals surface area contributed by atoms with Gasteiger partial charge in [-0.25, -0.2) is 4.98 Å². The van der Waals surface area contributed by atoms with Crippen LogP contribution >= 0.6 is 0 Å². The van der Waals surface area contributed by atoms with Crippen molar-refractivity contribution in [2.45, 2.75) is 6.42 Å². The first-order valence-corrected chi connectivity index (χ1v) is 12.1. The molecule has 4 heterocycles. The maximum Gasteiger partial charge on any atom is 0.256 e. The second-order valence-corrected chi connectivity index (χ2v) is 8.72. The lowest BCUT2D eigenvalue weighted by Gasteiger charge is -2.34. The van der Waals surface area contributed by atoms with Crippen molar-refractivity contribution in [2.75, 3.05) is 61.9 Å². The minimum absolute atomic E-state index is 0.269. The first-order chi connectivity index (χ1) is 17.6. The maximum absolute atomic E-state index is 12.8. The highest BCUT2D eigenvalue weighted by atomic mass is 16.5.